The summed E-state index contributed by atoms with van der Waals surface area (Å²) in [5.41, 5.74) is 17.0. The minimum Gasteiger partial charge on any atom is -0.309 e. The smallest absolute Gasteiger partial charge is 0.164 e. The highest BCUT2D eigenvalue weighted by Gasteiger charge is 2.36. The zero-order valence-electron chi connectivity index (χ0n) is 35.9. The van der Waals surface area contributed by atoms with Crippen molar-refractivity contribution in [1.29, 1.82) is 0 Å². The van der Waals surface area contributed by atoms with Gasteiger partial charge < -0.3 is 9.13 Å². The van der Waals surface area contributed by atoms with E-state index in [0.29, 0.717) is 17.5 Å². The quantitative estimate of drug-likeness (QED) is 0.168. The van der Waals surface area contributed by atoms with Crippen LogP contribution in [0.1, 0.15) is 25.0 Å². The van der Waals surface area contributed by atoms with E-state index in [0.717, 1.165) is 55.7 Å². The summed E-state index contributed by atoms with van der Waals surface area (Å²) in [5.74, 6) is 1.84. The number of rotatable bonds is 6. The van der Waals surface area contributed by atoms with Gasteiger partial charge >= 0.3 is 0 Å². The monoisotopic (exact) mass is 831 g/mol. The third kappa shape index (κ3) is 5.82. The Morgan fingerprint density at radius 2 is 0.754 bits per heavy atom. The van der Waals surface area contributed by atoms with Gasteiger partial charge in [0.05, 0.1) is 22.1 Å². The van der Waals surface area contributed by atoms with Gasteiger partial charge in [-0.05, 0) is 88.0 Å². The van der Waals surface area contributed by atoms with Crippen molar-refractivity contribution in [2.24, 2.45) is 0 Å². The van der Waals surface area contributed by atoms with Gasteiger partial charge in [-0.2, -0.15) is 0 Å². The minimum atomic E-state index is -0.0951. The molecule has 0 bridgehead atoms. The van der Waals surface area contributed by atoms with Crippen LogP contribution in [0.15, 0.2) is 212 Å². The molecule has 0 N–H and O–H groups in total. The number of nitrogens with zero attached hydrogens (tertiary/aromatic N) is 5. The maximum Gasteiger partial charge on any atom is 0.164 e. The van der Waals surface area contributed by atoms with Crippen LogP contribution >= 0.6 is 0 Å². The molecule has 9 aromatic carbocycles. The maximum atomic E-state index is 5.31. The number of hydrogen-bond acceptors (Lipinski definition) is 3. The lowest BCUT2D eigenvalue weighted by molar-refractivity contribution is 0.661. The van der Waals surface area contributed by atoms with Gasteiger partial charge in [0.15, 0.2) is 17.5 Å². The summed E-state index contributed by atoms with van der Waals surface area (Å²) in [6, 6.07) is 75.9. The second-order valence-electron chi connectivity index (χ2n) is 17.7. The van der Waals surface area contributed by atoms with E-state index in [1.165, 1.54) is 49.3 Å². The second-order valence-corrected chi connectivity index (χ2v) is 17.7. The fourth-order valence-electron chi connectivity index (χ4n) is 10.4. The van der Waals surface area contributed by atoms with E-state index < -0.39 is 0 Å². The van der Waals surface area contributed by atoms with E-state index in [1.807, 2.05) is 6.07 Å². The van der Waals surface area contributed by atoms with Crippen LogP contribution in [0, 0.1) is 0 Å². The van der Waals surface area contributed by atoms with Gasteiger partial charge in [0.1, 0.15) is 0 Å². The SMILES string of the molecule is CC1(C)c2ccccc2-c2cc3c(cc21)c1ccccc1n3-c1cccc(-c2nc(-c3ccc(-c4ccccc4)cc3)nc(-c3cccc(-n4c5ccccc5c5ccccc54)c3)n2)c1. The zero-order chi connectivity index (χ0) is 43.2. The lowest BCUT2D eigenvalue weighted by atomic mass is 9.82. The first-order chi connectivity index (χ1) is 32.0. The molecule has 5 heteroatoms. The van der Waals surface area contributed by atoms with Crippen LogP contribution in [0.5, 0.6) is 0 Å². The Labute approximate surface area is 376 Å². The summed E-state index contributed by atoms with van der Waals surface area (Å²) in [6.07, 6.45) is 0. The molecule has 3 heterocycles. The third-order valence-corrected chi connectivity index (χ3v) is 13.6. The van der Waals surface area contributed by atoms with Crippen molar-refractivity contribution < 1.29 is 0 Å². The highest BCUT2D eigenvalue weighted by Crippen LogP contribution is 2.51. The van der Waals surface area contributed by atoms with Crippen LogP contribution in [0.3, 0.4) is 0 Å². The maximum absolute atomic E-state index is 5.31. The first-order valence-corrected chi connectivity index (χ1v) is 22.3. The van der Waals surface area contributed by atoms with Crippen LogP contribution in [-0.2, 0) is 5.41 Å². The molecule has 3 aromatic heterocycles. The molecule has 0 spiro atoms. The van der Waals surface area contributed by atoms with E-state index >= 15 is 0 Å². The lowest BCUT2D eigenvalue weighted by Gasteiger charge is -2.21. The van der Waals surface area contributed by atoms with Gasteiger partial charge in [0.25, 0.3) is 0 Å². The molecule has 13 rings (SSSR count). The Bertz CT molecular complexity index is 3800. The standard InChI is InChI=1S/C60H41N5/c1-60(2)51-26-10-6-22-45(51)49-37-56-50(36-52(49)60)48-25-9-13-29-55(48)65(56)44-21-15-19-42(35-44)59-62-57(40-32-30-39(31-33-40)38-16-4-3-5-17-38)61-58(63-59)41-18-14-20-43(34-41)64-53-27-11-7-23-46(53)47-24-8-12-28-54(47)64/h3-37H,1-2H3. The number of hydrogen-bond donors (Lipinski definition) is 0. The Balaban J connectivity index is 0.988. The van der Waals surface area contributed by atoms with Gasteiger partial charge in [0, 0.05) is 55.0 Å². The van der Waals surface area contributed by atoms with Crippen molar-refractivity contribution in [2.75, 3.05) is 0 Å². The lowest BCUT2D eigenvalue weighted by Crippen LogP contribution is -2.14. The molecule has 0 saturated carbocycles. The van der Waals surface area contributed by atoms with Crippen molar-refractivity contribution in [1.82, 2.24) is 24.1 Å². The van der Waals surface area contributed by atoms with Crippen molar-refractivity contribution in [3.8, 4) is 67.8 Å². The normalized spacial score (nSPS) is 12.9. The average molecular weight is 832 g/mol. The molecule has 0 unspecified atom stereocenters. The van der Waals surface area contributed by atoms with Gasteiger partial charge in [-0.25, -0.2) is 15.0 Å². The van der Waals surface area contributed by atoms with E-state index in [2.05, 4.69) is 229 Å². The van der Waals surface area contributed by atoms with Gasteiger partial charge in [-0.1, -0.05) is 172 Å². The first-order valence-electron chi connectivity index (χ1n) is 22.3. The van der Waals surface area contributed by atoms with Gasteiger partial charge in [0.2, 0.25) is 0 Å². The van der Waals surface area contributed by atoms with Crippen molar-refractivity contribution in [3.05, 3.63) is 223 Å². The minimum absolute atomic E-state index is 0.0951. The third-order valence-electron chi connectivity index (χ3n) is 13.6. The molecule has 0 fully saturated rings. The number of aromatic nitrogens is 5. The average Bonchev–Trinajstić information content (AvgIpc) is 3.96. The van der Waals surface area contributed by atoms with Crippen LogP contribution < -0.4 is 0 Å². The van der Waals surface area contributed by atoms with Crippen molar-refractivity contribution in [3.63, 3.8) is 0 Å². The summed E-state index contributed by atoms with van der Waals surface area (Å²) >= 11 is 0. The molecule has 0 saturated heterocycles. The molecule has 306 valence electrons. The van der Waals surface area contributed by atoms with Gasteiger partial charge in [-0.15, -0.1) is 0 Å². The summed E-state index contributed by atoms with van der Waals surface area (Å²) in [5, 5.41) is 4.92. The molecule has 0 radical (unpaired) electrons. The number of benzene rings is 9. The molecule has 12 aromatic rings. The Hall–Kier alpha value is -8.41. The van der Waals surface area contributed by atoms with E-state index in [-0.39, 0.29) is 5.41 Å². The molecule has 0 amide bonds. The summed E-state index contributed by atoms with van der Waals surface area (Å²) < 4.78 is 4.74. The van der Waals surface area contributed by atoms with Crippen molar-refractivity contribution in [2.45, 2.75) is 19.3 Å². The largest absolute Gasteiger partial charge is 0.309 e. The molecule has 5 nitrogen and oxygen atoms in total. The van der Waals surface area contributed by atoms with E-state index in [4.69, 9.17) is 15.0 Å². The topological polar surface area (TPSA) is 48.5 Å². The van der Waals surface area contributed by atoms with E-state index in [1.54, 1.807) is 0 Å². The molecule has 0 aliphatic heterocycles. The predicted molar refractivity (Wildman–Crippen MR) is 268 cm³/mol. The molecular formula is C60H41N5. The Morgan fingerprint density at radius 3 is 1.35 bits per heavy atom. The van der Waals surface area contributed by atoms with Crippen LogP contribution in [0.2, 0.25) is 0 Å². The summed E-state index contributed by atoms with van der Waals surface area (Å²) in [7, 11) is 0. The Kier molecular flexibility index (Phi) is 8.18. The molecule has 65 heavy (non-hydrogen) atoms. The molecular weight excluding hydrogens is 791 g/mol. The van der Waals surface area contributed by atoms with Crippen molar-refractivity contribution >= 4 is 43.6 Å². The molecule has 0 atom stereocenters. The summed E-state index contributed by atoms with van der Waals surface area (Å²) in [6.45, 7) is 4.70. The van der Waals surface area contributed by atoms with Crippen LogP contribution in [-0.4, -0.2) is 24.1 Å². The number of fused-ring (bicyclic) bond motifs is 9. The highest BCUT2D eigenvalue weighted by molar-refractivity contribution is 6.12. The first kappa shape index (κ1) is 37.2. The van der Waals surface area contributed by atoms with Crippen LogP contribution in [0.4, 0.5) is 0 Å². The fourth-order valence-corrected chi connectivity index (χ4v) is 10.4. The predicted octanol–water partition coefficient (Wildman–Crippen LogP) is 15.0. The highest BCUT2D eigenvalue weighted by atomic mass is 15.0. The summed E-state index contributed by atoms with van der Waals surface area (Å²) in [4.78, 5) is 15.8. The molecule has 1 aliphatic rings. The number of para-hydroxylation sites is 3. The zero-order valence-corrected chi connectivity index (χ0v) is 35.9. The molecule has 1 aliphatic carbocycles. The van der Waals surface area contributed by atoms with E-state index in [9.17, 15) is 0 Å². The second kappa shape index (κ2) is 14.3. The Morgan fingerprint density at radius 1 is 0.308 bits per heavy atom. The fraction of sp³-hybridized carbons (Fsp3) is 0.0500. The van der Waals surface area contributed by atoms with Gasteiger partial charge in [-0.3, -0.25) is 0 Å². The van der Waals surface area contributed by atoms with Crippen LogP contribution in [0.25, 0.3) is 111 Å².